The third-order valence-corrected chi connectivity index (χ3v) is 3.67. The molecule has 23 heavy (non-hydrogen) atoms. The number of hydrogen-bond donors (Lipinski definition) is 4. The van der Waals surface area contributed by atoms with Crippen LogP contribution in [-0.4, -0.2) is 51.6 Å². The van der Waals surface area contributed by atoms with Crippen LogP contribution in [0.3, 0.4) is 0 Å². The topological polar surface area (TPSA) is 130 Å². The molecule has 0 saturated carbocycles. The van der Waals surface area contributed by atoms with Crippen LogP contribution in [0.5, 0.6) is 11.5 Å². The van der Waals surface area contributed by atoms with E-state index in [1.165, 1.54) is 24.3 Å². The molecule has 1 aromatic heterocycles. The van der Waals surface area contributed by atoms with Gasteiger partial charge in [0, 0.05) is 23.9 Å². The molecule has 8 nitrogen and oxygen atoms in total. The summed E-state index contributed by atoms with van der Waals surface area (Å²) in [5.74, 6) is -0.201. The number of hydrogen-bond acceptors (Lipinski definition) is 8. The summed E-state index contributed by atoms with van der Waals surface area (Å²) in [7, 11) is 0. The summed E-state index contributed by atoms with van der Waals surface area (Å²) in [6.07, 6.45) is -4.29. The fourth-order valence-electron chi connectivity index (χ4n) is 2.46. The van der Waals surface area contributed by atoms with Crippen molar-refractivity contribution in [3.8, 4) is 11.5 Å². The normalized spacial score (nSPS) is 28.0. The first-order chi connectivity index (χ1) is 11.0. The Labute approximate surface area is 130 Å². The van der Waals surface area contributed by atoms with Gasteiger partial charge in [0.2, 0.25) is 6.29 Å². The molecule has 8 heteroatoms. The van der Waals surface area contributed by atoms with Gasteiger partial charge in [-0.2, -0.15) is 0 Å². The predicted molar refractivity (Wildman–Crippen MR) is 77.2 cm³/mol. The highest BCUT2D eigenvalue weighted by molar-refractivity contribution is 5.80. The van der Waals surface area contributed by atoms with Gasteiger partial charge in [-0.25, -0.2) is 4.79 Å². The molecule has 0 amide bonds. The number of phenolic OH excluding ortho intramolecular Hbond substituents is 1. The lowest BCUT2D eigenvalue weighted by molar-refractivity contribution is -0.230. The largest absolute Gasteiger partial charge is 0.504 e. The summed E-state index contributed by atoms with van der Waals surface area (Å²) in [4.78, 5) is 11.2. The molecule has 4 atom stereocenters. The highest BCUT2D eigenvalue weighted by Crippen LogP contribution is 2.33. The molecule has 0 radical (unpaired) electrons. The van der Waals surface area contributed by atoms with Crippen LogP contribution in [0.15, 0.2) is 33.5 Å². The quantitative estimate of drug-likeness (QED) is 0.567. The van der Waals surface area contributed by atoms with Gasteiger partial charge >= 0.3 is 5.63 Å². The van der Waals surface area contributed by atoms with Gasteiger partial charge in [-0.1, -0.05) is 0 Å². The molecule has 1 fully saturated rings. The van der Waals surface area contributed by atoms with E-state index >= 15 is 0 Å². The van der Waals surface area contributed by atoms with E-state index in [0.717, 1.165) is 0 Å². The molecule has 0 aliphatic carbocycles. The summed E-state index contributed by atoms with van der Waals surface area (Å²) in [5.41, 5.74) is -0.334. The number of aliphatic hydroxyl groups is 3. The standard InChI is InChI=1S/C15H16O8/c16-6-12-15(20)9(18)5-14(23-12)22-11-3-7-1-2-13(19)21-10(7)4-8(11)17/h1-4,9,12,14-18,20H,5-6H2/t9-,12-,14-,15?/m1/s1. The smallest absolute Gasteiger partial charge is 0.336 e. The number of rotatable bonds is 3. The number of phenols is 1. The van der Waals surface area contributed by atoms with Crippen molar-refractivity contribution in [3.05, 3.63) is 34.7 Å². The molecule has 2 aromatic rings. The minimum absolute atomic E-state index is 0.0288. The summed E-state index contributed by atoms with van der Waals surface area (Å²) in [5, 5.41) is 39.1. The minimum Gasteiger partial charge on any atom is -0.504 e. The highest BCUT2D eigenvalue weighted by atomic mass is 16.7. The van der Waals surface area contributed by atoms with Crippen LogP contribution in [0.2, 0.25) is 0 Å². The molecule has 3 rings (SSSR count). The molecule has 1 aromatic carbocycles. The van der Waals surface area contributed by atoms with E-state index in [2.05, 4.69) is 0 Å². The van der Waals surface area contributed by atoms with Gasteiger partial charge in [0.25, 0.3) is 0 Å². The van der Waals surface area contributed by atoms with Crippen molar-refractivity contribution in [1.29, 1.82) is 0 Å². The number of fused-ring (bicyclic) bond motifs is 1. The van der Waals surface area contributed by atoms with Crippen LogP contribution in [-0.2, 0) is 4.74 Å². The van der Waals surface area contributed by atoms with E-state index in [0.29, 0.717) is 5.39 Å². The van der Waals surface area contributed by atoms with Crippen LogP contribution in [0, 0.1) is 0 Å². The lowest BCUT2D eigenvalue weighted by Gasteiger charge is -2.36. The van der Waals surface area contributed by atoms with Crippen molar-refractivity contribution in [2.75, 3.05) is 6.61 Å². The molecule has 2 heterocycles. The SMILES string of the molecule is O=c1ccc2cc(O[C@H]3C[C@@H](O)C(O)[C@@H](CO)O3)c(O)cc2o1. The Bertz CT molecular complexity index is 755. The number of benzene rings is 1. The van der Waals surface area contributed by atoms with Crippen LogP contribution < -0.4 is 10.4 Å². The van der Waals surface area contributed by atoms with Crippen molar-refractivity contribution >= 4 is 11.0 Å². The maximum Gasteiger partial charge on any atom is 0.336 e. The molecule has 1 saturated heterocycles. The van der Waals surface area contributed by atoms with Gasteiger partial charge in [0.15, 0.2) is 11.5 Å². The van der Waals surface area contributed by atoms with E-state index in [-0.39, 0.29) is 23.5 Å². The zero-order chi connectivity index (χ0) is 16.6. The zero-order valence-corrected chi connectivity index (χ0v) is 12.0. The third kappa shape index (κ3) is 3.15. The Morgan fingerprint density at radius 1 is 1.26 bits per heavy atom. The van der Waals surface area contributed by atoms with Crippen molar-refractivity contribution in [2.24, 2.45) is 0 Å². The molecule has 1 aliphatic rings. The van der Waals surface area contributed by atoms with Gasteiger partial charge in [0.05, 0.1) is 12.7 Å². The monoisotopic (exact) mass is 324 g/mol. The van der Waals surface area contributed by atoms with E-state index < -0.39 is 36.8 Å². The zero-order valence-electron chi connectivity index (χ0n) is 12.0. The summed E-state index contributed by atoms with van der Waals surface area (Å²) in [6.45, 7) is -0.479. The van der Waals surface area contributed by atoms with Gasteiger partial charge in [0.1, 0.15) is 17.8 Å². The molecule has 4 N–H and O–H groups in total. The molecular formula is C15H16O8. The second-order valence-electron chi connectivity index (χ2n) is 5.31. The average molecular weight is 324 g/mol. The van der Waals surface area contributed by atoms with Crippen LogP contribution >= 0.6 is 0 Å². The molecule has 1 unspecified atom stereocenters. The van der Waals surface area contributed by atoms with E-state index in [1.807, 2.05) is 0 Å². The van der Waals surface area contributed by atoms with Crippen LogP contribution in [0.4, 0.5) is 0 Å². The Balaban J connectivity index is 1.85. The van der Waals surface area contributed by atoms with E-state index in [1.54, 1.807) is 0 Å². The van der Waals surface area contributed by atoms with Gasteiger partial charge in [-0.15, -0.1) is 0 Å². The molecule has 124 valence electrons. The first kappa shape index (κ1) is 15.8. The van der Waals surface area contributed by atoms with Gasteiger partial charge in [-0.05, 0) is 12.1 Å². The van der Waals surface area contributed by atoms with E-state index in [4.69, 9.17) is 19.0 Å². The first-order valence-corrected chi connectivity index (χ1v) is 7.04. The summed E-state index contributed by atoms with van der Waals surface area (Å²) >= 11 is 0. The molecule has 1 aliphatic heterocycles. The van der Waals surface area contributed by atoms with Crippen molar-refractivity contribution in [3.63, 3.8) is 0 Å². The first-order valence-electron chi connectivity index (χ1n) is 7.04. The van der Waals surface area contributed by atoms with Crippen molar-refractivity contribution < 1.29 is 34.3 Å². The number of aromatic hydroxyl groups is 1. The fraction of sp³-hybridized carbons (Fsp3) is 0.400. The summed E-state index contributed by atoms with van der Waals surface area (Å²) < 4.78 is 15.8. The molecular weight excluding hydrogens is 308 g/mol. The Morgan fingerprint density at radius 3 is 2.78 bits per heavy atom. The maximum absolute atomic E-state index is 11.2. The lowest BCUT2D eigenvalue weighted by atomic mass is 10.0. The van der Waals surface area contributed by atoms with Gasteiger partial charge < -0.3 is 34.3 Å². The van der Waals surface area contributed by atoms with Gasteiger partial charge in [-0.3, -0.25) is 0 Å². The third-order valence-electron chi connectivity index (χ3n) is 3.67. The van der Waals surface area contributed by atoms with Crippen LogP contribution in [0.1, 0.15) is 6.42 Å². The number of ether oxygens (including phenoxy) is 2. The molecule has 0 bridgehead atoms. The van der Waals surface area contributed by atoms with Crippen molar-refractivity contribution in [2.45, 2.75) is 31.0 Å². The Hall–Kier alpha value is -2.13. The maximum atomic E-state index is 11.2. The second kappa shape index (κ2) is 6.17. The van der Waals surface area contributed by atoms with E-state index in [9.17, 15) is 20.1 Å². The highest BCUT2D eigenvalue weighted by Gasteiger charge is 2.37. The molecule has 0 spiro atoms. The Kier molecular flexibility index (Phi) is 4.22. The minimum atomic E-state index is -1.21. The Morgan fingerprint density at radius 2 is 2.04 bits per heavy atom. The predicted octanol–water partition coefficient (Wildman–Crippen LogP) is -0.294. The van der Waals surface area contributed by atoms with Crippen LogP contribution in [0.25, 0.3) is 11.0 Å². The summed E-state index contributed by atoms with van der Waals surface area (Å²) in [6, 6.07) is 5.46. The van der Waals surface area contributed by atoms with Crippen molar-refractivity contribution in [1.82, 2.24) is 0 Å². The fourth-order valence-corrected chi connectivity index (χ4v) is 2.46. The number of aliphatic hydroxyl groups excluding tert-OH is 3. The lowest BCUT2D eigenvalue weighted by Crippen LogP contribution is -2.51. The second-order valence-corrected chi connectivity index (χ2v) is 5.31. The average Bonchev–Trinajstić information content (AvgIpc) is 2.51.